The zero-order chi connectivity index (χ0) is 19.0. The molecule has 0 bridgehead atoms. The molecule has 6 nitrogen and oxygen atoms in total. The first kappa shape index (κ1) is 18.7. The second kappa shape index (κ2) is 7.80. The number of halogens is 1. The molecule has 3 heterocycles. The number of rotatable bonds is 4. The van der Waals surface area contributed by atoms with E-state index in [1.54, 1.807) is 0 Å². The van der Waals surface area contributed by atoms with Crippen molar-refractivity contribution < 1.29 is 9.90 Å². The Bertz CT molecular complexity index is 815. The lowest BCUT2D eigenvalue weighted by Gasteiger charge is -2.34. The first-order valence-electron chi connectivity index (χ1n) is 9.63. The maximum absolute atomic E-state index is 13.0. The third-order valence-corrected chi connectivity index (χ3v) is 6.36. The Morgan fingerprint density at radius 2 is 1.96 bits per heavy atom. The van der Waals surface area contributed by atoms with Gasteiger partial charge in [-0.1, -0.05) is 17.7 Å². The summed E-state index contributed by atoms with van der Waals surface area (Å²) in [6.07, 6.45) is 0. The third-order valence-electron chi connectivity index (χ3n) is 6.03. The molecular formula is C20H27ClN4O2. The van der Waals surface area contributed by atoms with E-state index in [-0.39, 0.29) is 18.4 Å². The number of fused-ring (bicyclic) bond motifs is 1. The maximum Gasteiger partial charge on any atom is 0.270 e. The van der Waals surface area contributed by atoms with Crippen molar-refractivity contribution in [2.24, 2.45) is 11.8 Å². The van der Waals surface area contributed by atoms with Gasteiger partial charge in [0, 0.05) is 74.3 Å². The second-order valence-electron chi connectivity index (χ2n) is 7.90. The zero-order valence-electron chi connectivity index (χ0n) is 15.7. The smallest absolute Gasteiger partial charge is 0.270 e. The Hall–Kier alpha value is -1.60. The minimum absolute atomic E-state index is 0.0124. The molecule has 1 aromatic heterocycles. The quantitative estimate of drug-likeness (QED) is 0.834. The summed E-state index contributed by atoms with van der Waals surface area (Å²) in [5.74, 6) is 0.443. The van der Waals surface area contributed by atoms with Gasteiger partial charge in [-0.2, -0.15) is 0 Å². The van der Waals surface area contributed by atoms with E-state index in [1.807, 2.05) is 29.2 Å². The third kappa shape index (κ3) is 3.85. The number of carbonyl (C=O) groups excluding carboxylic acids is 1. The van der Waals surface area contributed by atoms with Gasteiger partial charge in [-0.15, -0.1) is 0 Å². The molecule has 146 valence electrons. The average molecular weight is 391 g/mol. The number of carbonyl (C=O) groups is 1. The maximum atomic E-state index is 13.0. The number of piperazine rings is 1. The van der Waals surface area contributed by atoms with E-state index < -0.39 is 0 Å². The van der Waals surface area contributed by atoms with Crippen LogP contribution in [0.3, 0.4) is 0 Å². The summed E-state index contributed by atoms with van der Waals surface area (Å²) in [5.41, 5.74) is 1.44. The molecule has 0 radical (unpaired) electrons. The number of nitrogens with zero attached hydrogens (tertiary/aromatic N) is 3. The molecule has 0 aliphatic carbocycles. The number of benzene rings is 1. The van der Waals surface area contributed by atoms with E-state index in [4.69, 9.17) is 11.6 Å². The molecule has 1 amide bonds. The van der Waals surface area contributed by atoms with Crippen LogP contribution in [0.1, 0.15) is 10.5 Å². The number of likely N-dealkylation sites (N-methyl/N-ethyl adjacent to an activating group) is 1. The van der Waals surface area contributed by atoms with Crippen LogP contribution >= 0.6 is 11.6 Å². The lowest BCUT2D eigenvalue weighted by Crippen LogP contribution is -2.47. The van der Waals surface area contributed by atoms with Crippen molar-refractivity contribution in [3.8, 4) is 0 Å². The van der Waals surface area contributed by atoms with E-state index in [0.717, 1.165) is 43.6 Å². The molecule has 2 aliphatic heterocycles. The van der Waals surface area contributed by atoms with Crippen LogP contribution in [0.25, 0.3) is 10.9 Å². The number of hydrogen-bond donors (Lipinski definition) is 2. The van der Waals surface area contributed by atoms with Gasteiger partial charge < -0.3 is 24.8 Å². The van der Waals surface area contributed by atoms with Crippen LogP contribution in [0.2, 0.25) is 5.02 Å². The molecule has 1 aromatic carbocycles. The Kier molecular flexibility index (Phi) is 5.41. The summed E-state index contributed by atoms with van der Waals surface area (Å²) in [7, 11) is 2.15. The van der Waals surface area contributed by atoms with Crippen molar-refractivity contribution in [2.45, 2.75) is 0 Å². The number of amides is 1. The Labute approximate surface area is 164 Å². The highest BCUT2D eigenvalue weighted by molar-refractivity contribution is 6.35. The fourth-order valence-corrected chi connectivity index (χ4v) is 4.51. The highest BCUT2D eigenvalue weighted by Crippen LogP contribution is 2.28. The van der Waals surface area contributed by atoms with Gasteiger partial charge >= 0.3 is 0 Å². The van der Waals surface area contributed by atoms with Crippen LogP contribution < -0.4 is 0 Å². The number of hydrogen-bond acceptors (Lipinski definition) is 4. The SMILES string of the molecule is CN1CCN(C[C@@H]2CN(C(=O)c3cc4c(Cl)cccc4[nH]3)C[C@@H]2CO)CC1. The Morgan fingerprint density at radius 1 is 1.22 bits per heavy atom. The molecule has 4 rings (SSSR count). The number of aliphatic hydroxyl groups excluding tert-OH is 1. The van der Waals surface area contributed by atoms with Gasteiger partial charge in [0.15, 0.2) is 0 Å². The van der Waals surface area contributed by atoms with Gasteiger partial charge in [0.1, 0.15) is 5.69 Å². The molecule has 7 heteroatoms. The van der Waals surface area contributed by atoms with Crippen LogP contribution in [0, 0.1) is 11.8 Å². The highest BCUT2D eigenvalue weighted by atomic mass is 35.5. The van der Waals surface area contributed by atoms with Gasteiger partial charge in [-0.25, -0.2) is 0 Å². The van der Waals surface area contributed by atoms with Gasteiger partial charge in [0.05, 0.1) is 0 Å². The lowest BCUT2D eigenvalue weighted by atomic mass is 9.96. The predicted molar refractivity (Wildman–Crippen MR) is 107 cm³/mol. The average Bonchev–Trinajstić information content (AvgIpc) is 3.28. The van der Waals surface area contributed by atoms with Gasteiger partial charge in [-0.05, 0) is 31.2 Å². The van der Waals surface area contributed by atoms with Crippen LogP contribution in [0.5, 0.6) is 0 Å². The number of H-pyrrole nitrogens is 1. The first-order valence-corrected chi connectivity index (χ1v) is 10.0. The number of aliphatic hydroxyl groups is 1. The second-order valence-corrected chi connectivity index (χ2v) is 8.31. The highest BCUT2D eigenvalue weighted by Gasteiger charge is 2.36. The molecular weight excluding hydrogens is 364 g/mol. The molecule has 2 aliphatic rings. The summed E-state index contributed by atoms with van der Waals surface area (Å²) in [5, 5.41) is 11.4. The summed E-state index contributed by atoms with van der Waals surface area (Å²) in [6, 6.07) is 7.46. The molecule has 2 aromatic rings. The number of nitrogens with one attached hydrogen (secondary N) is 1. The molecule has 27 heavy (non-hydrogen) atoms. The number of aromatic nitrogens is 1. The zero-order valence-corrected chi connectivity index (χ0v) is 16.5. The Balaban J connectivity index is 1.45. The molecule has 2 N–H and O–H groups in total. The standard InChI is InChI=1S/C20H27ClN4O2/c1-23-5-7-24(8-6-23)10-14-11-25(12-15(14)13-26)20(27)19-9-16-17(21)3-2-4-18(16)22-19/h2-4,9,14-15,22,26H,5-8,10-13H2,1H3/t14-,15-/m1/s1. The van der Waals surface area contributed by atoms with Crippen molar-refractivity contribution in [3.63, 3.8) is 0 Å². The summed E-state index contributed by atoms with van der Waals surface area (Å²) < 4.78 is 0. The van der Waals surface area contributed by atoms with E-state index in [9.17, 15) is 9.90 Å². The van der Waals surface area contributed by atoms with Crippen LogP contribution in [-0.4, -0.2) is 90.2 Å². The van der Waals surface area contributed by atoms with E-state index in [2.05, 4.69) is 21.8 Å². The van der Waals surface area contributed by atoms with Crippen LogP contribution in [0.4, 0.5) is 0 Å². The fourth-order valence-electron chi connectivity index (χ4n) is 4.28. The van der Waals surface area contributed by atoms with Gasteiger partial charge in [0.2, 0.25) is 0 Å². The summed E-state index contributed by atoms with van der Waals surface area (Å²) in [4.78, 5) is 22.9. The predicted octanol–water partition coefficient (Wildman–Crippen LogP) is 1.75. The van der Waals surface area contributed by atoms with E-state index >= 15 is 0 Å². The van der Waals surface area contributed by atoms with Gasteiger partial charge in [0.25, 0.3) is 5.91 Å². The topological polar surface area (TPSA) is 62.8 Å². The first-order chi connectivity index (χ1) is 13.0. The van der Waals surface area contributed by atoms with Gasteiger partial charge in [-0.3, -0.25) is 4.79 Å². The van der Waals surface area contributed by atoms with Crippen LogP contribution in [0.15, 0.2) is 24.3 Å². The normalized spacial score (nSPS) is 24.8. The number of likely N-dealkylation sites (tertiary alicyclic amines) is 1. The lowest BCUT2D eigenvalue weighted by molar-refractivity contribution is 0.0772. The molecule has 0 saturated carbocycles. The molecule has 2 saturated heterocycles. The fraction of sp³-hybridized carbons (Fsp3) is 0.550. The monoisotopic (exact) mass is 390 g/mol. The molecule has 2 atom stereocenters. The largest absolute Gasteiger partial charge is 0.396 e. The molecule has 2 fully saturated rings. The van der Waals surface area contributed by atoms with Crippen molar-refractivity contribution >= 4 is 28.4 Å². The number of aromatic amines is 1. The van der Waals surface area contributed by atoms with E-state index in [0.29, 0.717) is 29.7 Å². The Morgan fingerprint density at radius 3 is 2.67 bits per heavy atom. The van der Waals surface area contributed by atoms with Crippen molar-refractivity contribution in [2.75, 3.05) is 59.5 Å². The van der Waals surface area contributed by atoms with Crippen molar-refractivity contribution in [1.82, 2.24) is 19.7 Å². The van der Waals surface area contributed by atoms with Crippen LogP contribution in [-0.2, 0) is 0 Å². The molecule has 0 unspecified atom stereocenters. The minimum Gasteiger partial charge on any atom is -0.396 e. The van der Waals surface area contributed by atoms with Crippen molar-refractivity contribution in [1.29, 1.82) is 0 Å². The summed E-state index contributed by atoms with van der Waals surface area (Å²) >= 11 is 6.24. The van der Waals surface area contributed by atoms with Crippen molar-refractivity contribution in [3.05, 3.63) is 35.0 Å². The summed E-state index contributed by atoms with van der Waals surface area (Å²) in [6.45, 7) is 6.64. The molecule has 0 spiro atoms. The van der Waals surface area contributed by atoms with E-state index in [1.165, 1.54) is 0 Å². The minimum atomic E-state index is -0.0124.